The molecule has 2 heterocycles. The van der Waals surface area contributed by atoms with E-state index in [4.69, 9.17) is 11.6 Å². The molecule has 0 unspecified atom stereocenters. The Kier molecular flexibility index (Phi) is 4.20. The Hall–Kier alpha value is -2.20. The predicted molar refractivity (Wildman–Crippen MR) is 91.2 cm³/mol. The first-order valence-electron chi connectivity index (χ1n) is 6.18. The molecule has 0 saturated carbocycles. The minimum atomic E-state index is -0.494. The maximum absolute atomic E-state index is 12.1. The van der Waals surface area contributed by atoms with Crippen LogP contribution in [0.1, 0.15) is 4.88 Å². The zero-order valence-electron chi connectivity index (χ0n) is 11.0. The van der Waals surface area contributed by atoms with Crippen molar-refractivity contribution in [2.75, 3.05) is 5.32 Å². The van der Waals surface area contributed by atoms with Crippen molar-refractivity contribution in [3.05, 3.63) is 51.3 Å². The number of halogens is 1. The highest BCUT2D eigenvalue weighted by molar-refractivity contribution is 7.20. The van der Waals surface area contributed by atoms with Gasteiger partial charge < -0.3 is 0 Å². The predicted octanol–water partition coefficient (Wildman–Crippen LogP) is 4.56. The number of carbonyl (C=O) groups excluding carboxylic acids is 1. The van der Waals surface area contributed by atoms with Crippen molar-refractivity contribution in [1.82, 2.24) is 4.98 Å². The number of benzene rings is 1. The molecule has 22 heavy (non-hydrogen) atoms. The molecule has 0 spiro atoms. The molecule has 0 fully saturated rings. The highest BCUT2D eigenvalue weighted by Gasteiger charge is 2.14. The van der Waals surface area contributed by atoms with Crippen LogP contribution in [-0.4, -0.2) is 10.9 Å². The Morgan fingerprint density at radius 1 is 1.41 bits per heavy atom. The topological polar surface area (TPSA) is 65.8 Å². The van der Waals surface area contributed by atoms with E-state index in [0.29, 0.717) is 15.0 Å². The summed E-state index contributed by atoms with van der Waals surface area (Å²) in [6.45, 7) is 0. The summed E-state index contributed by atoms with van der Waals surface area (Å²) >= 11 is 9.05. The highest BCUT2D eigenvalue weighted by atomic mass is 35.5. The van der Waals surface area contributed by atoms with Gasteiger partial charge in [-0.25, -0.2) is 4.98 Å². The van der Waals surface area contributed by atoms with Crippen LogP contribution in [0, 0.1) is 11.3 Å². The molecular weight excluding hydrogens is 338 g/mol. The van der Waals surface area contributed by atoms with Crippen LogP contribution in [0.2, 0.25) is 5.02 Å². The van der Waals surface area contributed by atoms with E-state index in [1.54, 1.807) is 11.6 Å². The molecule has 0 atom stereocenters. The van der Waals surface area contributed by atoms with Crippen LogP contribution in [0.3, 0.4) is 0 Å². The molecule has 0 bridgehead atoms. The number of thiophene rings is 1. The third kappa shape index (κ3) is 2.88. The van der Waals surface area contributed by atoms with Crippen molar-refractivity contribution in [2.24, 2.45) is 0 Å². The van der Waals surface area contributed by atoms with Gasteiger partial charge >= 0.3 is 0 Å². The molecule has 108 valence electrons. The largest absolute Gasteiger partial charge is 0.297 e. The lowest BCUT2D eigenvalue weighted by molar-refractivity contribution is -0.112. The quantitative estimate of drug-likeness (QED) is 0.559. The number of amides is 1. The van der Waals surface area contributed by atoms with E-state index in [1.165, 1.54) is 28.7 Å². The monoisotopic (exact) mass is 345 g/mol. The summed E-state index contributed by atoms with van der Waals surface area (Å²) in [4.78, 5) is 16.7. The second-order valence-electron chi connectivity index (χ2n) is 4.24. The SMILES string of the molecule is N#C/C(=C/c1sc2ccccc2c1Cl)C(=O)Nc1nccs1. The van der Waals surface area contributed by atoms with Gasteiger partial charge in [0.25, 0.3) is 5.91 Å². The number of fused-ring (bicyclic) bond motifs is 1. The number of hydrogen-bond acceptors (Lipinski definition) is 5. The van der Waals surface area contributed by atoms with E-state index in [9.17, 15) is 10.1 Å². The van der Waals surface area contributed by atoms with Gasteiger partial charge in [0.2, 0.25) is 0 Å². The normalized spacial score (nSPS) is 11.4. The molecule has 0 saturated heterocycles. The summed E-state index contributed by atoms with van der Waals surface area (Å²) in [5, 5.41) is 15.5. The van der Waals surface area contributed by atoms with Crippen LogP contribution < -0.4 is 5.32 Å². The first-order chi connectivity index (χ1) is 10.7. The summed E-state index contributed by atoms with van der Waals surface area (Å²) in [7, 11) is 0. The first-order valence-corrected chi connectivity index (χ1v) is 8.26. The van der Waals surface area contributed by atoms with Gasteiger partial charge in [0, 0.05) is 26.5 Å². The van der Waals surface area contributed by atoms with E-state index in [0.717, 1.165) is 10.1 Å². The molecule has 0 radical (unpaired) electrons. The third-order valence-corrected chi connectivity index (χ3v) is 5.18. The number of nitrogens with one attached hydrogen (secondary N) is 1. The molecule has 1 N–H and O–H groups in total. The van der Waals surface area contributed by atoms with Crippen molar-refractivity contribution < 1.29 is 4.79 Å². The fraction of sp³-hybridized carbons (Fsp3) is 0. The smallest absolute Gasteiger partial charge is 0.268 e. The summed E-state index contributed by atoms with van der Waals surface area (Å²) in [6.07, 6.45) is 3.09. The van der Waals surface area contributed by atoms with Gasteiger partial charge in [-0.15, -0.1) is 22.7 Å². The second kappa shape index (κ2) is 6.28. The van der Waals surface area contributed by atoms with Crippen molar-refractivity contribution in [1.29, 1.82) is 5.26 Å². The van der Waals surface area contributed by atoms with Crippen LogP contribution in [0.5, 0.6) is 0 Å². The van der Waals surface area contributed by atoms with Crippen LogP contribution in [0.25, 0.3) is 16.2 Å². The summed E-state index contributed by atoms with van der Waals surface area (Å²) in [5.41, 5.74) is -0.0105. The maximum Gasteiger partial charge on any atom is 0.268 e. The zero-order valence-corrected chi connectivity index (χ0v) is 13.4. The van der Waals surface area contributed by atoms with E-state index in [-0.39, 0.29) is 5.57 Å². The molecule has 3 aromatic rings. The number of hydrogen-bond donors (Lipinski definition) is 1. The zero-order chi connectivity index (χ0) is 15.5. The maximum atomic E-state index is 12.1. The molecule has 0 aliphatic rings. The third-order valence-electron chi connectivity index (χ3n) is 2.85. The number of thiazole rings is 1. The number of nitrogens with zero attached hydrogens (tertiary/aromatic N) is 2. The molecule has 7 heteroatoms. The van der Waals surface area contributed by atoms with Crippen molar-refractivity contribution in [3.63, 3.8) is 0 Å². The number of anilines is 1. The Balaban J connectivity index is 1.95. The minimum absolute atomic E-state index is 0.0105. The van der Waals surface area contributed by atoms with E-state index >= 15 is 0 Å². The summed E-state index contributed by atoms with van der Waals surface area (Å²) < 4.78 is 1.01. The van der Waals surface area contributed by atoms with Crippen molar-refractivity contribution in [3.8, 4) is 6.07 Å². The van der Waals surface area contributed by atoms with Crippen LogP contribution in [0.15, 0.2) is 41.4 Å². The van der Waals surface area contributed by atoms with Gasteiger partial charge in [-0.3, -0.25) is 10.1 Å². The first kappa shape index (κ1) is 14.7. The Morgan fingerprint density at radius 3 is 2.91 bits per heavy atom. The van der Waals surface area contributed by atoms with E-state index in [2.05, 4.69) is 10.3 Å². The van der Waals surface area contributed by atoms with Crippen molar-refractivity contribution in [2.45, 2.75) is 0 Å². The minimum Gasteiger partial charge on any atom is -0.297 e. The number of rotatable bonds is 3. The summed E-state index contributed by atoms with van der Waals surface area (Å²) in [5.74, 6) is -0.494. The fourth-order valence-electron chi connectivity index (χ4n) is 1.86. The average Bonchev–Trinajstić information content (AvgIpc) is 3.14. The molecule has 1 amide bonds. The second-order valence-corrected chi connectivity index (χ2v) is 6.59. The Bertz CT molecular complexity index is 907. The Labute approximate surface area is 139 Å². The lowest BCUT2D eigenvalue weighted by Crippen LogP contribution is -2.13. The van der Waals surface area contributed by atoms with E-state index in [1.807, 2.05) is 30.3 Å². The lowest BCUT2D eigenvalue weighted by atomic mass is 10.2. The van der Waals surface area contributed by atoms with Crippen LogP contribution in [0.4, 0.5) is 5.13 Å². The van der Waals surface area contributed by atoms with Gasteiger partial charge in [-0.2, -0.15) is 5.26 Å². The Morgan fingerprint density at radius 2 is 2.23 bits per heavy atom. The molecule has 3 rings (SSSR count). The molecule has 0 aliphatic carbocycles. The molecule has 0 aliphatic heterocycles. The standard InChI is InChI=1S/C15H8ClN3OS2/c16-13-10-3-1-2-4-11(10)22-12(13)7-9(8-17)14(20)19-15-18-5-6-21-15/h1-7H,(H,18,19,20)/b9-7-. The van der Waals surface area contributed by atoms with Crippen molar-refractivity contribution >= 4 is 61.5 Å². The number of aromatic nitrogens is 1. The number of carbonyl (C=O) groups is 1. The van der Waals surface area contributed by atoms with Gasteiger partial charge in [0.05, 0.1) is 5.02 Å². The van der Waals surface area contributed by atoms with Gasteiger partial charge in [0.1, 0.15) is 11.6 Å². The van der Waals surface area contributed by atoms with Crippen LogP contribution in [-0.2, 0) is 4.79 Å². The fourth-order valence-corrected chi connectivity index (χ4v) is 3.81. The molecular formula is C15H8ClN3OS2. The van der Waals surface area contributed by atoms with E-state index < -0.39 is 5.91 Å². The van der Waals surface area contributed by atoms with Gasteiger partial charge in [-0.05, 0) is 12.1 Å². The lowest BCUT2D eigenvalue weighted by Gasteiger charge is -1.99. The highest BCUT2D eigenvalue weighted by Crippen LogP contribution is 2.36. The van der Waals surface area contributed by atoms with Crippen LogP contribution >= 0.6 is 34.3 Å². The average molecular weight is 346 g/mol. The molecule has 4 nitrogen and oxygen atoms in total. The van der Waals surface area contributed by atoms with Gasteiger partial charge in [-0.1, -0.05) is 29.8 Å². The van der Waals surface area contributed by atoms with Gasteiger partial charge in [0.15, 0.2) is 5.13 Å². The summed E-state index contributed by atoms with van der Waals surface area (Å²) in [6, 6.07) is 9.58. The molecule has 2 aromatic heterocycles. The molecule has 1 aromatic carbocycles. The number of nitriles is 1.